The fraction of sp³-hybridized carbons (Fsp3) is 0.200. The normalized spacial score (nSPS) is 15.5. The lowest BCUT2D eigenvalue weighted by atomic mass is 10.00. The molecule has 0 saturated carbocycles. The lowest BCUT2D eigenvalue weighted by Crippen LogP contribution is -2.57. The van der Waals surface area contributed by atoms with Crippen LogP contribution in [0.2, 0.25) is 0 Å². The molecule has 0 radical (unpaired) electrons. The maximum Gasteiger partial charge on any atom is 0.407 e. The summed E-state index contributed by atoms with van der Waals surface area (Å²) in [5.41, 5.74) is 4.79. The van der Waals surface area contributed by atoms with Gasteiger partial charge in [-0.2, -0.15) is 0 Å². The third kappa shape index (κ3) is 4.93. The number of piperazine rings is 1. The highest BCUT2D eigenvalue weighted by atomic mass is 16.4. The van der Waals surface area contributed by atoms with Crippen LogP contribution in [0, 0.1) is 6.92 Å². The zero-order chi connectivity index (χ0) is 25.9. The van der Waals surface area contributed by atoms with E-state index >= 15 is 0 Å². The monoisotopic (exact) mass is 495 g/mol. The van der Waals surface area contributed by atoms with Crippen molar-refractivity contribution in [2.45, 2.75) is 19.4 Å². The number of hydrogen-bond acceptors (Lipinski definition) is 3. The molecule has 1 fully saturated rings. The number of amides is 2. The molecule has 1 aliphatic heterocycles. The lowest BCUT2D eigenvalue weighted by Gasteiger charge is -2.40. The van der Waals surface area contributed by atoms with E-state index in [1.165, 1.54) is 4.90 Å². The molecule has 1 aromatic heterocycles. The molecular weight excluding hydrogens is 466 g/mol. The fourth-order valence-electron chi connectivity index (χ4n) is 5.16. The molecule has 1 aliphatic rings. The average Bonchev–Trinajstić information content (AvgIpc) is 3.26. The van der Waals surface area contributed by atoms with Gasteiger partial charge in [0, 0.05) is 36.6 Å². The molecule has 1 atom stereocenters. The van der Waals surface area contributed by atoms with Gasteiger partial charge in [0.15, 0.2) is 0 Å². The molecule has 37 heavy (non-hydrogen) atoms. The first-order valence-electron chi connectivity index (χ1n) is 12.3. The van der Waals surface area contributed by atoms with Crippen LogP contribution in [-0.2, 0) is 6.42 Å². The molecule has 2 N–H and O–H groups in total. The second-order valence-corrected chi connectivity index (χ2v) is 9.34. The number of aromatic hydroxyl groups is 1. The van der Waals surface area contributed by atoms with Gasteiger partial charge in [-0.05, 0) is 49.2 Å². The Morgan fingerprint density at radius 3 is 2.27 bits per heavy atom. The van der Waals surface area contributed by atoms with E-state index in [1.807, 2.05) is 89.2 Å². The number of hydrogen-bond donors (Lipinski definition) is 2. The summed E-state index contributed by atoms with van der Waals surface area (Å²) < 4.78 is 2.03. The predicted octanol–water partition coefficient (Wildman–Crippen LogP) is 5.21. The number of carboxylic acid groups (broad SMARTS) is 1. The smallest absolute Gasteiger partial charge is 0.407 e. The van der Waals surface area contributed by atoms with E-state index in [-0.39, 0.29) is 30.8 Å². The summed E-state index contributed by atoms with van der Waals surface area (Å²) in [5.74, 6) is -0.0338. The molecule has 188 valence electrons. The Labute approximate surface area is 215 Å². The van der Waals surface area contributed by atoms with Crippen molar-refractivity contribution in [1.29, 1.82) is 0 Å². The van der Waals surface area contributed by atoms with Crippen molar-refractivity contribution in [2.24, 2.45) is 0 Å². The number of phenolic OH excluding ortho intramolecular Hbond substituents is 1. The number of nitrogens with zero attached hydrogens (tertiary/aromatic N) is 3. The van der Waals surface area contributed by atoms with E-state index in [9.17, 15) is 19.8 Å². The van der Waals surface area contributed by atoms with Gasteiger partial charge in [-0.25, -0.2) is 4.79 Å². The van der Waals surface area contributed by atoms with Crippen molar-refractivity contribution in [3.05, 3.63) is 108 Å². The zero-order valence-corrected chi connectivity index (χ0v) is 20.6. The van der Waals surface area contributed by atoms with Gasteiger partial charge in [-0.1, -0.05) is 60.7 Å². The Morgan fingerprint density at radius 1 is 0.892 bits per heavy atom. The molecule has 0 spiro atoms. The molecule has 0 bridgehead atoms. The van der Waals surface area contributed by atoms with Gasteiger partial charge >= 0.3 is 6.09 Å². The summed E-state index contributed by atoms with van der Waals surface area (Å²) in [5, 5.41) is 19.9. The van der Waals surface area contributed by atoms with E-state index in [0.29, 0.717) is 24.2 Å². The van der Waals surface area contributed by atoms with Crippen molar-refractivity contribution in [2.75, 3.05) is 19.6 Å². The van der Waals surface area contributed by atoms with E-state index in [2.05, 4.69) is 0 Å². The number of para-hydroxylation sites is 1. The molecular formula is C30H29N3O4. The zero-order valence-electron chi connectivity index (χ0n) is 20.6. The standard InChI is InChI=1S/C30H29N3O4/c1-21-17-27(28(23-11-8-14-26(34)19-23)33(21)24-12-6-3-7-13-24)29(35)32-16-15-31(30(36)37)20-25(32)18-22-9-4-2-5-10-22/h2-14,17,19,25,34H,15-16,18,20H2,1H3,(H,36,37)/t25-/m1/s1. The van der Waals surface area contributed by atoms with Gasteiger partial charge in [-0.15, -0.1) is 0 Å². The number of carbonyl (C=O) groups excluding carboxylic acids is 1. The summed E-state index contributed by atoms with van der Waals surface area (Å²) in [6.07, 6.45) is -0.424. The Kier molecular flexibility index (Phi) is 6.68. The first kappa shape index (κ1) is 24.2. The molecule has 7 nitrogen and oxygen atoms in total. The van der Waals surface area contributed by atoms with Gasteiger partial charge in [-0.3, -0.25) is 4.79 Å². The van der Waals surface area contributed by atoms with E-state index in [4.69, 9.17) is 0 Å². The molecule has 4 aromatic rings. The third-order valence-electron chi connectivity index (χ3n) is 6.88. The highest BCUT2D eigenvalue weighted by molar-refractivity contribution is 6.01. The van der Waals surface area contributed by atoms with Gasteiger partial charge in [0.2, 0.25) is 0 Å². The predicted molar refractivity (Wildman–Crippen MR) is 142 cm³/mol. The molecule has 3 aromatic carbocycles. The van der Waals surface area contributed by atoms with Crippen LogP contribution in [-0.4, -0.2) is 62.3 Å². The van der Waals surface area contributed by atoms with Crippen LogP contribution in [0.5, 0.6) is 5.75 Å². The molecule has 1 saturated heterocycles. The van der Waals surface area contributed by atoms with Gasteiger partial charge in [0.05, 0.1) is 17.3 Å². The van der Waals surface area contributed by atoms with Crippen LogP contribution in [0.25, 0.3) is 16.9 Å². The molecule has 2 heterocycles. The molecule has 0 aliphatic carbocycles. The van der Waals surface area contributed by atoms with Crippen LogP contribution in [0.1, 0.15) is 21.6 Å². The summed E-state index contributed by atoms with van der Waals surface area (Å²) in [6, 6.07) is 28.1. The number of carbonyl (C=O) groups is 2. The number of rotatable bonds is 5. The second kappa shape index (κ2) is 10.2. The van der Waals surface area contributed by atoms with E-state index in [0.717, 1.165) is 22.5 Å². The topological polar surface area (TPSA) is 86.0 Å². The van der Waals surface area contributed by atoms with E-state index < -0.39 is 6.09 Å². The third-order valence-corrected chi connectivity index (χ3v) is 6.88. The van der Waals surface area contributed by atoms with Crippen molar-refractivity contribution in [3.8, 4) is 22.7 Å². The highest BCUT2D eigenvalue weighted by Crippen LogP contribution is 2.34. The Balaban J connectivity index is 1.59. The van der Waals surface area contributed by atoms with Crippen LogP contribution < -0.4 is 0 Å². The first-order valence-corrected chi connectivity index (χ1v) is 12.3. The van der Waals surface area contributed by atoms with Gasteiger partial charge in [0.1, 0.15) is 5.75 Å². The summed E-state index contributed by atoms with van der Waals surface area (Å²) in [4.78, 5) is 29.2. The van der Waals surface area contributed by atoms with Crippen molar-refractivity contribution in [1.82, 2.24) is 14.4 Å². The Hall–Kier alpha value is -4.52. The van der Waals surface area contributed by atoms with E-state index in [1.54, 1.807) is 18.2 Å². The van der Waals surface area contributed by atoms with Crippen LogP contribution >= 0.6 is 0 Å². The average molecular weight is 496 g/mol. The number of aromatic nitrogens is 1. The maximum atomic E-state index is 14.2. The summed E-state index contributed by atoms with van der Waals surface area (Å²) >= 11 is 0. The van der Waals surface area contributed by atoms with Crippen molar-refractivity contribution < 1.29 is 19.8 Å². The maximum absolute atomic E-state index is 14.2. The lowest BCUT2D eigenvalue weighted by molar-refractivity contribution is 0.0451. The minimum Gasteiger partial charge on any atom is -0.508 e. The number of benzene rings is 3. The second-order valence-electron chi connectivity index (χ2n) is 9.34. The summed E-state index contributed by atoms with van der Waals surface area (Å²) in [7, 11) is 0. The quantitative estimate of drug-likeness (QED) is 0.398. The Morgan fingerprint density at radius 2 is 1.59 bits per heavy atom. The number of phenols is 1. The molecule has 5 rings (SSSR count). The van der Waals surface area contributed by atoms with Crippen LogP contribution in [0.15, 0.2) is 91.0 Å². The molecule has 2 amide bonds. The summed E-state index contributed by atoms with van der Waals surface area (Å²) in [6.45, 7) is 2.76. The largest absolute Gasteiger partial charge is 0.508 e. The van der Waals surface area contributed by atoms with Gasteiger partial charge in [0.25, 0.3) is 5.91 Å². The van der Waals surface area contributed by atoms with Crippen LogP contribution in [0.3, 0.4) is 0 Å². The minimum atomic E-state index is -0.975. The first-order chi connectivity index (χ1) is 17.9. The SMILES string of the molecule is Cc1cc(C(=O)N2CCN(C(=O)O)C[C@H]2Cc2ccccc2)c(-c2cccc(O)c2)n1-c1ccccc1. The number of aryl methyl sites for hydroxylation is 1. The highest BCUT2D eigenvalue weighted by Gasteiger charge is 2.35. The molecule has 0 unspecified atom stereocenters. The Bertz CT molecular complexity index is 1420. The van der Waals surface area contributed by atoms with Crippen molar-refractivity contribution >= 4 is 12.0 Å². The fourth-order valence-corrected chi connectivity index (χ4v) is 5.16. The molecule has 7 heteroatoms. The van der Waals surface area contributed by atoms with Crippen LogP contribution in [0.4, 0.5) is 4.79 Å². The van der Waals surface area contributed by atoms with Gasteiger partial charge < -0.3 is 24.6 Å². The minimum absolute atomic E-state index is 0.117. The van der Waals surface area contributed by atoms with Crippen molar-refractivity contribution in [3.63, 3.8) is 0 Å².